The Balaban J connectivity index is 1.68. The monoisotopic (exact) mass is 360 g/mol. The van der Waals surface area contributed by atoms with Gasteiger partial charge in [0.05, 0.1) is 5.69 Å². The van der Waals surface area contributed by atoms with Gasteiger partial charge < -0.3 is 4.90 Å². The summed E-state index contributed by atoms with van der Waals surface area (Å²) < 4.78 is 0. The third-order valence-electron chi connectivity index (χ3n) is 4.09. The van der Waals surface area contributed by atoms with Crippen LogP contribution in [0.25, 0.3) is 0 Å². The zero-order chi connectivity index (χ0) is 16.0. The molecule has 2 heterocycles. The van der Waals surface area contributed by atoms with Crippen molar-refractivity contribution in [1.29, 1.82) is 0 Å². The number of hydrogen-bond donors (Lipinski definition) is 0. The van der Waals surface area contributed by atoms with Gasteiger partial charge in [0.1, 0.15) is 11.4 Å². The van der Waals surface area contributed by atoms with Gasteiger partial charge in [-0.3, -0.25) is 9.69 Å². The van der Waals surface area contributed by atoms with Gasteiger partial charge in [-0.05, 0) is 42.0 Å². The highest BCUT2D eigenvalue weighted by atomic mass is 35.5. The zero-order valence-electron chi connectivity index (χ0n) is 12.1. The standard InChI is InChI=1S/C17H13ClN2OS2/c18-12-8-6-11(7-9-12)16-20-14(10-23-16)15(21)19(17(20)22)13-4-2-1-3-5-13/h1-9,14,16H,10H2/t14-,16-/m0/s1. The number of anilines is 1. The van der Waals surface area contributed by atoms with Gasteiger partial charge >= 0.3 is 0 Å². The van der Waals surface area contributed by atoms with Crippen molar-refractivity contribution in [2.75, 3.05) is 10.7 Å². The summed E-state index contributed by atoms with van der Waals surface area (Å²) in [6.45, 7) is 0. The topological polar surface area (TPSA) is 23.6 Å². The van der Waals surface area contributed by atoms with Crippen LogP contribution in [0.4, 0.5) is 5.69 Å². The van der Waals surface area contributed by atoms with Crippen LogP contribution in [-0.2, 0) is 4.79 Å². The van der Waals surface area contributed by atoms with E-state index in [2.05, 4.69) is 4.90 Å². The van der Waals surface area contributed by atoms with Crippen LogP contribution in [0.5, 0.6) is 0 Å². The number of rotatable bonds is 2. The van der Waals surface area contributed by atoms with E-state index in [0.29, 0.717) is 10.1 Å². The summed E-state index contributed by atoms with van der Waals surface area (Å²) in [7, 11) is 0. The Hall–Kier alpha value is -1.56. The van der Waals surface area contributed by atoms with E-state index in [1.807, 2.05) is 54.6 Å². The molecule has 0 radical (unpaired) electrons. The lowest BCUT2D eigenvalue weighted by molar-refractivity contribution is -0.119. The highest BCUT2D eigenvalue weighted by Gasteiger charge is 2.50. The summed E-state index contributed by atoms with van der Waals surface area (Å²) in [5.74, 6) is 0.806. The second kappa shape index (κ2) is 5.82. The first-order valence-corrected chi connectivity index (χ1v) is 9.09. The summed E-state index contributed by atoms with van der Waals surface area (Å²) in [6.07, 6.45) is 0. The molecule has 2 aliphatic rings. The van der Waals surface area contributed by atoms with Crippen molar-refractivity contribution in [2.24, 2.45) is 0 Å². The summed E-state index contributed by atoms with van der Waals surface area (Å²) in [5.41, 5.74) is 1.95. The highest BCUT2D eigenvalue weighted by molar-refractivity contribution is 7.99. The van der Waals surface area contributed by atoms with Crippen LogP contribution in [0.3, 0.4) is 0 Å². The maximum absolute atomic E-state index is 12.8. The fourth-order valence-corrected chi connectivity index (χ4v) is 5.03. The van der Waals surface area contributed by atoms with Gasteiger partial charge in [-0.15, -0.1) is 11.8 Å². The van der Waals surface area contributed by atoms with Crippen LogP contribution in [0.1, 0.15) is 10.9 Å². The number of hydrogen-bond acceptors (Lipinski definition) is 3. The van der Waals surface area contributed by atoms with Gasteiger partial charge in [0.15, 0.2) is 5.11 Å². The molecule has 2 aromatic carbocycles. The van der Waals surface area contributed by atoms with Gasteiger partial charge in [0, 0.05) is 10.8 Å². The molecule has 2 aromatic rings. The lowest BCUT2D eigenvalue weighted by Gasteiger charge is -2.25. The number of amides is 1. The predicted molar refractivity (Wildman–Crippen MR) is 98.8 cm³/mol. The van der Waals surface area contributed by atoms with Crippen molar-refractivity contribution >= 4 is 52.3 Å². The molecule has 0 aromatic heterocycles. The number of thioether (sulfide) groups is 1. The molecule has 2 fully saturated rings. The third kappa shape index (κ3) is 2.43. The number of carbonyl (C=O) groups excluding carboxylic acids is 1. The molecular formula is C17H13ClN2OS2. The maximum atomic E-state index is 12.8. The van der Waals surface area contributed by atoms with Crippen LogP contribution in [0, 0.1) is 0 Å². The molecule has 0 aliphatic carbocycles. The fraction of sp³-hybridized carbons (Fsp3) is 0.176. The second-order valence-electron chi connectivity index (χ2n) is 5.45. The number of nitrogens with zero attached hydrogens (tertiary/aromatic N) is 2. The fourth-order valence-electron chi connectivity index (χ4n) is 2.99. The van der Waals surface area contributed by atoms with Gasteiger partial charge in [-0.25, -0.2) is 0 Å². The number of benzene rings is 2. The minimum absolute atomic E-state index is 0.0578. The van der Waals surface area contributed by atoms with Crippen LogP contribution in [-0.4, -0.2) is 27.7 Å². The maximum Gasteiger partial charge on any atom is 0.257 e. The van der Waals surface area contributed by atoms with E-state index in [1.54, 1.807) is 16.7 Å². The van der Waals surface area contributed by atoms with Gasteiger partial charge in [-0.1, -0.05) is 41.9 Å². The Morgan fingerprint density at radius 3 is 2.48 bits per heavy atom. The molecule has 0 bridgehead atoms. The molecule has 2 atom stereocenters. The van der Waals surface area contributed by atoms with Gasteiger partial charge in [0.2, 0.25) is 0 Å². The first-order chi connectivity index (χ1) is 11.2. The molecular weight excluding hydrogens is 348 g/mol. The molecule has 3 nitrogen and oxygen atoms in total. The average Bonchev–Trinajstić information content (AvgIpc) is 3.10. The van der Waals surface area contributed by atoms with E-state index in [-0.39, 0.29) is 17.3 Å². The zero-order valence-corrected chi connectivity index (χ0v) is 14.4. The van der Waals surface area contributed by atoms with Gasteiger partial charge in [0.25, 0.3) is 5.91 Å². The number of fused-ring (bicyclic) bond motifs is 1. The molecule has 116 valence electrons. The Bertz CT molecular complexity index is 766. The van der Waals surface area contributed by atoms with Crippen LogP contribution in [0.2, 0.25) is 5.02 Å². The Morgan fingerprint density at radius 1 is 1.09 bits per heavy atom. The number of thiocarbonyl (C=S) groups is 1. The van der Waals surface area contributed by atoms with E-state index in [4.69, 9.17) is 23.8 Å². The Morgan fingerprint density at radius 2 is 1.78 bits per heavy atom. The number of halogens is 1. The Labute approximate surface area is 149 Å². The van der Waals surface area contributed by atoms with Crippen molar-refractivity contribution in [2.45, 2.75) is 11.4 Å². The average molecular weight is 361 g/mol. The molecule has 0 N–H and O–H groups in total. The van der Waals surface area contributed by atoms with E-state index in [0.717, 1.165) is 17.0 Å². The molecule has 4 rings (SSSR count). The first kappa shape index (κ1) is 15.0. The summed E-state index contributed by atoms with van der Waals surface area (Å²) in [6, 6.07) is 17.2. The lowest BCUT2D eigenvalue weighted by atomic mass is 10.2. The Kier molecular flexibility index (Phi) is 3.79. The van der Waals surface area contributed by atoms with E-state index >= 15 is 0 Å². The molecule has 0 spiro atoms. The predicted octanol–water partition coefficient (Wildman–Crippen LogP) is 4.09. The summed E-state index contributed by atoms with van der Waals surface area (Å²) in [4.78, 5) is 16.5. The third-order valence-corrected chi connectivity index (χ3v) is 6.06. The quantitative estimate of drug-likeness (QED) is 0.753. The molecule has 0 unspecified atom stereocenters. The summed E-state index contributed by atoms with van der Waals surface area (Å²) in [5, 5.41) is 1.35. The normalized spacial score (nSPS) is 23.5. The molecule has 1 amide bonds. The first-order valence-electron chi connectivity index (χ1n) is 7.25. The molecule has 0 saturated carbocycles. The number of para-hydroxylation sites is 1. The van der Waals surface area contributed by atoms with Crippen LogP contribution < -0.4 is 4.90 Å². The van der Waals surface area contributed by atoms with Crippen molar-refractivity contribution in [3.8, 4) is 0 Å². The lowest BCUT2D eigenvalue weighted by Crippen LogP contribution is -2.33. The minimum atomic E-state index is -0.187. The molecule has 2 saturated heterocycles. The van der Waals surface area contributed by atoms with Crippen molar-refractivity contribution in [3.63, 3.8) is 0 Å². The molecule has 2 aliphatic heterocycles. The van der Waals surface area contributed by atoms with Crippen LogP contribution in [0.15, 0.2) is 54.6 Å². The molecule has 23 heavy (non-hydrogen) atoms. The van der Waals surface area contributed by atoms with Gasteiger partial charge in [-0.2, -0.15) is 0 Å². The summed E-state index contributed by atoms with van der Waals surface area (Å²) >= 11 is 13.4. The van der Waals surface area contributed by atoms with E-state index in [1.165, 1.54) is 0 Å². The van der Waals surface area contributed by atoms with Crippen molar-refractivity contribution in [1.82, 2.24) is 4.90 Å². The van der Waals surface area contributed by atoms with Crippen molar-refractivity contribution < 1.29 is 4.79 Å². The van der Waals surface area contributed by atoms with Crippen LogP contribution >= 0.6 is 35.6 Å². The second-order valence-corrected chi connectivity index (χ2v) is 7.37. The minimum Gasteiger partial charge on any atom is -0.319 e. The van der Waals surface area contributed by atoms with E-state index in [9.17, 15) is 4.79 Å². The smallest absolute Gasteiger partial charge is 0.257 e. The number of carbonyl (C=O) groups is 1. The highest BCUT2D eigenvalue weighted by Crippen LogP contribution is 2.46. The largest absolute Gasteiger partial charge is 0.319 e. The van der Waals surface area contributed by atoms with E-state index < -0.39 is 0 Å². The SMILES string of the molecule is O=C1[C@@H]2CS[C@@H](c3ccc(Cl)cc3)N2C(=S)N1c1ccccc1. The molecule has 6 heteroatoms. The van der Waals surface area contributed by atoms with Crippen molar-refractivity contribution in [3.05, 3.63) is 65.2 Å².